The van der Waals surface area contributed by atoms with Crippen molar-refractivity contribution in [2.75, 3.05) is 0 Å². The zero-order valence-corrected chi connectivity index (χ0v) is 16.4. The quantitative estimate of drug-likeness (QED) is 0.383. The van der Waals surface area contributed by atoms with Crippen LogP contribution in [0.25, 0.3) is 39.0 Å². The van der Waals surface area contributed by atoms with E-state index in [4.69, 9.17) is 0 Å². The van der Waals surface area contributed by atoms with E-state index < -0.39 is 0 Å². The first-order chi connectivity index (χ1) is 14.3. The molecule has 138 valence electrons. The number of rotatable bonds is 4. The molecule has 3 aromatic carbocycles. The molecular formula is C26H21BN2. The predicted octanol–water partition coefficient (Wildman–Crippen LogP) is 5.47. The Balaban J connectivity index is 1.69. The lowest BCUT2D eigenvalue weighted by Gasteiger charge is -2.13. The molecule has 2 aromatic heterocycles. The number of benzene rings is 3. The summed E-state index contributed by atoms with van der Waals surface area (Å²) in [6.45, 7) is 2.13. The van der Waals surface area contributed by atoms with Gasteiger partial charge < -0.3 is 4.57 Å². The van der Waals surface area contributed by atoms with Crippen molar-refractivity contribution in [1.29, 1.82) is 0 Å². The number of para-hydroxylation sites is 1. The van der Waals surface area contributed by atoms with E-state index in [9.17, 15) is 0 Å². The normalized spacial score (nSPS) is 10.9. The second-order valence-electron chi connectivity index (χ2n) is 7.23. The highest BCUT2D eigenvalue weighted by molar-refractivity contribution is 6.50. The molecule has 0 fully saturated rings. The fraction of sp³-hybridized carbons (Fsp3) is 0.0385. The smallest absolute Gasteiger partial charge is 0.179 e. The van der Waals surface area contributed by atoms with Crippen molar-refractivity contribution in [3.63, 3.8) is 0 Å². The number of pyridine rings is 1. The fourth-order valence-electron chi connectivity index (χ4n) is 3.88. The van der Waals surface area contributed by atoms with E-state index in [-0.39, 0.29) is 0 Å². The molecule has 0 radical (unpaired) electrons. The molecule has 0 saturated heterocycles. The summed E-state index contributed by atoms with van der Waals surface area (Å²) in [4.78, 5) is 4.57. The summed E-state index contributed by atoms with van der Waals surface area (Å²) in [5.74, 6) is 0. The molecule has 29 heavy (non-hydrogen) atoms. The van der Waals surface area contributed by atoms with Gasteiger partial charge in [-0.2, -0.15) is 0 Å². The minimum Gasteiger partial charge on any atom is -0.309 e. The monoisotopic (exact) mass is 372 g/mol. The first-order valence-electron chi connectivity index (χ1n) is 10.0. The molecule has 0 aliphatic rings. The van der Waals surface area contributed by atoms with Gasteiger partial charge in [0.05, 0.1) is 11.2 Å². The van der Waals surface area contributed by atoms with Gasteiger partial charge in [-0.3, -0.25) is 4.98 Å². The zero-order valence-electron chi connectivity index (χ0n) is 16.4. The van der Waals surface area contributed by atoms with Crippen molar-refractivity contribution in [2.24, 2.45) is 0 Å². The summed E-state index contributed by atoms with van der Waals surface area (Å²) < 4.78 is 2.35. The largest absolute Gasteiger partial charge is 0.309 e. The Hall–Kier alpha value is -3.59. The van der Waals surface area contributed by atoms with Crippen LogP contribution < -0.4 is 5.59 Å². The predicted molar refractivity (Wildman–Crippen MR) is 125 cm³/mol. The van der Waals surface area contributed by atoms with Crippen LogP contribution in [0.1, 0.15) is 0 Å². The molecule has 0 aliphatic carbocycles. The maximum Gasteiger partial charge on any atom is 0.179 e. The Morgan fingerprint density at radius 1 is 0.690 bits per heavy atom. The average Bonchev–Trinajstić information content (AvgIpc) is 3.19. The van der Waals surface area contributed by atoms with Crippen LogP contribution in [0.5, 0.6) is 0 Å². The van der Waals surface area contributed by atoms with Crippen molar-refractivity contribution < 1.29 is 0 Å². The van der Waals surface area contributed by atoms with Crippen LogP contribution in [-0.4, -0.2) is 16.8 Å². The Morgan fingerprint density at radius 3 is 2.28 bits per heavy atom. The second-order valence-corrected chi connectivity index (χ2v) is 7.23. The SMILES string of the molecule is CBc1ccc(-c2cccc(-n3c(-c4ccccc4)cc4ccccc43)c2)cn1. The molecule has 5 aromatic rings. The van der Waals surface area contributed by atoms with Gasteiger partial charge in [0.15, 0.2) is 7.28 Å². The molecule has 0 bridgehead atoms. The van der Waals surface area contributed by atoms with Crippen molar-refractivity contribution >= 4 is 23.8 Å². The van der Waals surface area contributed by atoms with E-state index in [0.717, 1.165) is 24.1 Å². The van der Waals surface area contributed by atoms with Gasteiger partial charge in [0.1, 0.15) is 0 Å². The van der Waals surface area contributed by atoms with Gasteiger partial charge in [0.25, 0.3) is 0 Å². The molecule has 5 rings (SSSR count). The summed E-state index contributed by atoms with van der Waals surface area (Å²) in [5, 5.41) is 1.24. The lowest BCUT2D eigenvalue weighted by atomic mass is 9.77. The van der Waals surface area contributed by atoms with Crippen LogP contribution in [0.15, 0.2) is 103 Å². The van der Waals surface area contributed by atoms with Crippen LogP contribution in [0, 0.1) is 0 Å². The number of hydrogen-bond donors (Lipinski definition) is 0. The van der Waals surface area contributed by atoms with E-state index in [1.165, 1.54) is 27.7 Å². The molecule has 3 heteroatoms. The van der Waals surface area contributed by atoms with Crippen molar-refractivity contribution in [3.05, 3.63) is 103 Å². The maximum absolute atomic E-state index is 4.57. The second kappa shape index (κ2) is 7.44. The lowest BCUT2D eigenvalue weighted by Crippen LogP contribution is -2.13. The molecule has 2 nitrogen and oxygen atoms in total. The van der Waals surface area contributed by atoms with Crippen molar-refractivity contribution in [1.82, 2.24) is 9.55 Å². The molecule has 0 aliphatic heterocycles. The summed E-state index contributed by atoms with van der Waals surface area (Å²) in [6.07, 6.45) is 1.98. The van der Waals surface area contributed by atoms with Crippen LogP contribution in [0.2, 0.25) is 6.82 Å². The van der Waals surface area contributed by atoms with E-state index in [0.29, 0.717) is 0 Å². The Morgan fingerprint density at radius 2 is 1.48 bits per heavy atom. The Labute approximate surface area is 171 Å². The van der Waals surface area contributed by atoms with Gasteiger partial charge in [-0.05, 0) is 47.1 Å². The molecule has 0 amide bonds. The van der Waals surface area contributed by atoms with Crippen LogP contribution in [0.4, 0.5) is 0 Å². The van der Waals surface area contributed by atoms with E-state index >= 15 is 0 Å². The summed E-state index contributed by atoms with van der Waals surface area (Å²) in [7, 11) is 0.954. The highest BCUT2D eigenvalue weighted by atomic mass is 15.0. The van der Waals surface area contributed by atoms with Gasteiger partial charge in [0, 0.05) is 22.8 Å². The van der Waals surface area contributed by atoms with Gasteiger partial charge in [-0.25, -0.2) is 0 Å². The Bertz CT molecular complexity index is 1270. The van der Waals surface area contributed by atoms with Gasteiger partial charge in [-0.15, -0.1) is 0 Å². The molecular weight excluding hydrogens is 351 g/mol. The van der Waals surface area contributed by atoms with E-state index in [2.05, 4.69) is 113 Å². The third-order valence-electron chi connectivity index (χ3n) is 5.40. The lowest BCUT2D eigenvalue weighted by molar-refractivity contribution is 1.13. The summed E-state index contributed by atoms with van der Waals surface area (Å²) in [6, 6.07) is 34.4. The zero-order chi connectivity index (χ0) is 19.6. The van der Waals surface area contributed by atoms with Crippen LogP contribution in [-0.2, 0) is 0 Å². The molecule has 2 heterocycles. The molecule has 0 atom stereocenters. The number of fused-ring (bicyclic) bond motifs is 1. The summed E-state index contributed by atoms with van der Waals surface area (Å²) >= 11 is 0. The third kappa shape index (κ3) is 3.25. The topological polar surface area (TPSA) is 17.8 Å². The number of nitrogens with zero attached hydrogens (tertiary/aromatic N) is 2. The first kappa shape index (κ1) is 17.5. The highest BCUT2D eigenvalue weighted by Gasteiger charge is 2.12. The maximum atomic E-state index is 4.57. The number of aromatic nitrogens is 2. The van der Waals surface area contributed by atoms with Gasteiger partial charge in [0.2, 0.25) is 0 Å². The molecule has 0 unspecified atom stereocenters. The van der Waals surface area contributed by atoms with Crippen LogP contribution in [0.3, 0.4) is 0 Å². The van der Waals surface area contributed by atoms with Crippen molar-refractivity contribution in [2.45, 2.75) is 6.82 Å². The highest BCUT2D eigenvalue weighted by Crippen LogP contribution is 2.32. The van der Waals surface area contributed by atoms with E-state index in [1.807, 2.05) is 6.20 Å². The minimum atomic E-state index is 0.954. The van der Waals surface area contributed by atoms with E-state index in [1.54, 1.807) is 0 Å². The van der Waals surface area contributed by atoms with Crippen molar-refractivity contribution in [3.8, 4) is 28.1 Å². The number of hydrogen-bond acceptors (Lipinski definition) is 1. The molecule has 0 spiro atoms. The fourth-order valence-corrected chi connectivity index (χ4v) is 3.88. The summed E-state index contributed by atoms with van der Waals surface area (Å²) in [5.41, 5.74) is 8.21. The van der Waals surface area contributed by atoms with Gasteiger partial charge >= 0.3 is 0 Å². The van der Waals surface area contributed by atoms with Crippen LogP contribution >= 0.6 is 0 Å². The minimum absolute atomic E-state index is 0.954. The Kier molecular flexibility index (Phi) is 4.49. The molecule has 0 N–H and O–H groups in total. The molecule has 0 saturated carbocycles. The third-order valence-corrected chi connectivity index (χ3v) is 5.40. The average molecular weight is 372 g/mol. The standard InChI is InChI=1S/C26H21BN2/c1-27-26-15-14-22(18-28-26)20-11-7-12-23(16-20)29-24-13-6-5-10-21(24)17-25(29)19-8-3-2-4-9-19/h2-18,27H,1H3. The van der Waals surface area contributed by atoms with Gasteiger partial charge in [-0.1, -0.05) is 73.6 Å². The first-order valence-corrected chi connectivity index (χ1v) is 10.0.